The van der Waals surface area contributed by atoms with Crippen LogP contribution in [0.5, 0.6) is 0 Å². The molecular weight excluding hydrogens is 372 g/mol. The van der Waals surface area contributed by atoms with Crippen LogP contribution in [0.3, 0.4) is 0 Å². The lowest BCUT2D eigenvalue weighted by atomic mass is 9.96. The number of primary amides is 1. The molecule has 6 heteroatoms. The number of carbonyl (C=O) groups is 1. The summed E-state index contributed by atoms with van der Waals surface area (Å²) >= 11 is 6.06. The molecule has 1 saturated heterocycles. The van der Waals surface area contributed by atoms with E-state index in [1.54, 1.807) is 0 Å². The molecule has 1 fully saturated rings. The third kappa shape index (κ3) is 4.11. The second kappa shape index (κ2) is 8.17. The van der Waals surface area contributed by atoms with E-state index in [0.29, 0.717) is 5.02 Å². The number of hydrogen-bond donors (Lipinski definition) is 1. The van der Waals surface area contributed by atoms with E-state index in [1.165, 1.54) is 0 Å². The van der Waals surface area contributed by atoms with Crippen molar-refractivity contribution in [2.24, 2.45) is 11.7 Å². The maximum absolute atomic E-state index is 11.4. The number of likely N-dealkylation sites (tertiary alicyclic amines) is 1. The Labute approximate surface area is 169 Å². The fourth-order valence-electron chi connectivity index (χ4n) is 3.71. The Kier molecular flexibility index (Phi) is 5.46. The third-order valence-corrected chi connectivity index (χ3v) is 5.56. The highest BCUT2D eigenvalue weighted by Crippen LogP contribution is 2.27. The average Bonchev–Trinajstić information content (AvgIpc) is 3.13. The molecule has 1 aliphatic rings. The zero-order valence-electron chi connectivity index (χ0n) is 15.6. The molecule has 1 amide bonds. The zero-order chi connectivity index (χ0) is 19.5. The SMILES string of the molecule is NC(=O)C1CCN(Cc2cn(-c3ccccc3)nc2-c2ccc(Cl)cc2)CC1. The van der Waals surface area contributed by atoms with Crippen LogP contribution in [0, 0.1) is 5.92 Å². The molecule has 28 heavy (non-hydrogen) atoms. The Morgan fingerprint density at radius 3 is 2.39 bits per heavy atom. The number of nitrogens with two attached hydrogens (primary N) is 1. The van der Waals surface area contributed by atoms with Crippen LogP contribution in [-0.4, -0.2) is 33.7 Å². The van der Waals surface area contributed by atoms with Gasteiger partial charge in [-0.25, -0.2) is 4.68 Å². The number of piperidine rings is 1. The summed E-state index contributed by atoms with van der Waals surface area (Å²) in [6, 6.07) is 17.9. The Bertz CT molecular complexity index is 944. The van der Waals surface area contributed by atoms with Gasteiger partial charge in [0.15, 0.2) is 0 Å². The number of hydrogen-bond acceptors (Lipinski definition) is 3. The number of halogens is 1. The van der Waals surface area contributed by atoms with Crippen molar-refractivity contribution in [1.29, 1.82) is 0 Å². The third-order valence-electron chi connectivity index (χ3n) is 5.31. The molecule has 2 heterocycles. The van der Waals surface area contributed by atoms with E-state index in [1.807, 2.05) is 59.3 Å². The predicted octanol–water partition coefficient (Wildman–Crippen LogP) is 3.89. The molecule has 0 bridgehead atoms. The highest BCUT2D eigenvalue weighted by atomic mass is 35.5. The van der Waals surface area contributed by atoms with Crippen molar-refractivity contribution < 1.29 is 4.79 Å². The van der Waals surface area contributed by atoms with Gasteiger partial charge in [0, 0.05) is 34.8 Å². The van der Waals surface area contributed by atoms with Crippen LogP contribution in [0.2, 0.25) is 5.02 Å². The molecule has 2 N–H and O–H groups in total. The van der Waals surface area contributed by atoms with Crippen LogP contribution in [-0.2, 0) is 11.3 Å². The van der Waals surface area contributed by atoms with Gasteiger partial charge in [-0.3, -0.25) is 9.69 Å². The van der Waals surface area contributed by atoms with Crippen molar-refractivity contribution in [2.75, 3.05) is 13.1 Å². The number of carbonyl (C=O) groups excluding carboxylic acids is 1. The first kappa shape index (κ1) is 18.7. The van der Waals surface area contributed by atoms with E-state index < -0.39 is 0 Å². The molecule has 5 nitrogen and oxygen atoms in total. The van der Waals surface area contributed by atoms with Crippen molar-refractivity contribution in [3.8, 4) is 16.9 Å². The summed E-state index contributed by atoms with van der Waals surface area (Å²) in [6.45, 7) is 2.52. The van der Waals surface area contributed by atoms with Gasteiger partial charge in [-0.1, -0.05) is 41.9 Å². The summed E-state index contributed by atoms with van der Waals surface area (Å²) in [5.74, 6) is -0.183. The van der Waals surface area contributed by atoms with Gasteiger partial charge in [-0.05, 0) is 50.2 Å². The molecule has 3 aromatic rings. The van der Waals surface area contributed by atoms with Gasteiger partial charge >= 0.3 is 0 Å². The molecule has 0 unspecified atom stereocenters. The Morgan fingerprint density at radius 2 is 1.75 bits per heavy atom. The highest BCUT2D eigenvalue weighted by Gasteiger charge is 2.24. The standard InChI is InChI=1S/C22H23ClN4O/c23-19-8-6-16(7-9-19)21-18(14-26-12-10-17(11-13-26)22(24)28)15-27(25-21)20-4-2-1-3-5-20/h1-9,15,17H,10-14H2,(H2,24,28). The van der Waals surface area contributed by atoms with Crippen LogP contribution in [0.1, 0.15) is 18.4 Å². The maximum Gasteiger partial charge on any atom is 0.220 e. The van der Waals surface area contributed by atoms with Gasteiger partial charge in [0.25, 0.3) is 0 Å². The number of rotatable bonds is 5. The number of nitrogens with zero attached hydrogens (tertiary/aromatic N) is 3. The van der Waals surface area contributed by atoms with E-state index in [-0.39, 0.29) is 11.8 Å². The minimum absolute atomic E-state index is 0.000900. The van der Waals surface area contributed by atoms with Gasteiger partial charge in [0.2, 0.25) is 5.91 Å². The van der Waals surface area contributed by atoms with Gasteiger partial charge in [-0.2, -0.15) is 5.10 Å². The second-order valence-electron chi connectivity index (χ2n) is 7.24. The fraction of sp³-hybridized carbons (Fsp3) is 0.273. The summed E-state index contributed by atoms with van der Waals surface area (Å²) in [5.41, 5.74) is 9.64. The van der Waals surface area contributed by atoms with Crippen molar-refractivity contribution in [3.05, 3.63) is 71.4 Å². The van der Waals surface area contributed by atoms with E-state index in [2.05, 4.69) is 11.1 Å². The van der Waals surface area contributed by atoms with E-state index in [9.17, 15) is 4.79 Å². The van der Waals surface area contributed by atoms with Crippen LogP contribution >= 0.6 is 11.6 Å². The molecule has 1 aromatic heterocycles. The van der Waals surface area contributed by atoms with E-state index >= 15 is 0 Å². The molecular formula is C22H23ClN4O. The van der Waals surface area contributed by atoms with Gasteiger partial charge in [0.05, 0.1) is 11.4 Å². The summed E-state index contributed by atoms with van der Waals surface area (Å²) in [4.78, 5) is 13.8. The first-order valence-electron chi connectivity index (χ1n) is 9.52. The topological polar surface area (TPSA) is 64.2 Å². The smallest absolute Gasteiger partial charge is 0.220 e. The van der Waals surface area contributed by atoms with Crippen LogP contribution in [0.15, 0.2) is 60.8 Å². The summed E-state index contributed by atoms with van der Waals surface area (Å²) in [7, 11) is 0. The molecule has 1 aliphatic heterocycles. The monoisotopic (exact) mass is 394 g/mol. The molecule has 0 radical (unpaired) electrons. The largest absolute Gasteiger partial charge is 0.369 e. The Balaban J connectivity index is 1.62. The highest BCUT2D eigenvalue weighted by molar-refractivity contribution is 6.30. The molecule has 0 aliphatic carbocycles. The Hall–Kier alpha value is -2.63. The van der Waals surface area contributed by atoms with Crippen molar-refractivity contribution in [2.45, 2.75) is 19.4 Å². The lowest BCUT2D eigenvalue weighted by Gasteiger charge is -2.30. The fourth-order valence-corrected chi connectivity index (χ4v) is 3.83. The summed E-state index contributed by atoms with van der Waals surface area (Å²) in [5, 5.41) is 5.57. The minimum atomic E-state index is -0.182. The molecule has 0 saturated carbocycles. The van der Waals surface area contributed by atoms with Crippen LogP contribution in [0.25, 0.3) is 16.9 Å². The van der Waals surface area contributed by atoms with E-state index in [0.717, 1.165) is 55.0 Å². The molecule has 0 spiro atoms. The summed E-state index contributed by atoms with van der Waals surface area (Å²) in [6.07, 6.45) is 3.73. The molecule has 144 valence electrons. The predicted molar refractivity (Wildman–Crippen MR) is 111 cm³/mol. The quantitative estimate of drug-likeness (QED) is 0.714. The Morgan fingerprint density at radius 1 is 1.07 bits per heavy atom. The van der Waals surface area contributed by atoms with E-state index in [4.69, 9.17) is 22.4 Å². The first-order valence-corrected chi connectivity index (χ1v) is 9.89. The van der Waals surface area contributed by atoms with Crippen molar-refractivity contribution in [3.63, 3.8) is 0 Å². The van der Waals surface area contributed by atoms with Gasteiger partial charge in [-0.15, -0.1) is 0 Å². The molecule has 2 aromatic carbocycles. The number of amides is 1. The normalized spacial score (nSPS) is 15.6. The second-order valence-corrected chi connectivity index (χ2v) is 7.68. The maximum atomic E-state index is 11.4. The zero-order valence-corrected chi connectivity index (χ0v) is 16.3. The van der Waals surface area contributed by atoms with Gasteiger partial charge < -0.3 is 5.73 Å². The number of benzene rings is 2. The average molecular weight is 395 g/mol. The molecule has 0 atom stereocenters. The lowest BCUT2D eigenvalue weighted by Crippen LogP contribution is -2.38. The first-order chi connectivity index (χ1) is 13.6. The van der Waals surface area contributed by atoms with Gasteiger partial charge in [0.1, 0.15) is 0 Å². The minimum Gasteiger partial charge on any atom is -0.369 e. The van der Waals surface area contributed by atoms with Crippen molar-refractivity contribution >= 4 is 17.5 Å². The number of aromatic nitrogens is 2. The lowest BCUT2D eigenvalue weighted by molar-refractivity contribution is -0.123. The van der Waals surface area contributed by atoms with Crippen LogP contribution < -0.4 is 5.73 Å². The molecule has 4 rings (SSSR count). The van der Waals surface area contributed by atoms with Crippen LogP contribution in [0.4, 0.5) is 0 Å². The van der Waals surface area contributed by atoms with Crippen molar-refractivity contribution in [1.82, 2.24) is 14.7 Å². The number of para-hydroxylation sites is 1. The summed E-state index contributed by atoms with van der Waals surface area (Å²) < 4.78 is 1.93.